The number of amides is 2. The minimum atomic E-state index is -0.211. The van der Waals surface area contributed by atoms with Gasteiger partial charge >= 0.3 is 6.03 Å². The average molecular weight is 466 g/mol. The zero-order chi connectivity index (χ0) is 21.8. The van der Waals surface area contributed by atoms with Crippen LogP contribution in [0.2, 0.25) is 10.0 Å². The smallest absolute Gasteiger partial charge is 0.322 e. The number of hydrogen-bond donors (Lipinski definition) is 1. The number of nitrogens with zero attached hydrogens (tertiary/aromatic N) is 2. The van der Waals surface area contributed by atoms with Crippen LogP contribution >= 0.6 is 23.2 Å². The van der Waals surface area contributed by atoms with E-state index in [1.54, 1.807) is 24.1 Å². The summed E-state index contributed by atoms with van der Waals surface area (Å²) >= 11 is 12.3. The molecule has 2 saturated heterocycles. The van der Waals surface area contributed by atoms with Gasteiger partial charge in [0.15, 0.2) is 11.5 Å². The molecule has 4 rings (SSSR count). The fourth-order valence-electron chi connectivity index (χ4n) is 3.82. The molecule has 2 aliphatic heterocycles. The molecule has 7 nitrogen and oxygen atoms in total. The van der Waals surface area contributed by atoms with Crippen molar-refractivity contribution >= 4 is 34.9 Å². The minimum absolute atomic E-state index is 0.180. The topological polar surface area (TPSA) is 63.3 Å². The molecule has 1 atom stereocenters. The van der Waals surface area contributed by atoms with Crippen LogP contribution in [0.3, 0.4) is 0 Å². The molecule has 9 heteroatoms. The summed E-state index contributed by atoms with van der Waals surface area (Å²) in [6.45, 7) is 5.09. The maximum Gasteiger partial charge on any atom is 0.322 e. The highest BCUT2D eigenvalue weighted by atomic mass is 35.5. The van der Waals surface area contributed by atoms with E-state index < -0.39 is 0 Å². The van der Waals surface area contributed by atoms with E-state index in [9.17, 15) is 4.79 Å². The molecular weight excluding hydrogens is 441 g/mol. The molecule has 2 heterocycles. The number of carbonyl (C=O) groups is 1. The maximum atomic E-state index is 12.7. The Morgan fingerprint density at radius 2 is 1.90 bits per heavy atom. The zero-order valence-electron chi connectivity index (χ0n) is 17.3. The normalized spacial score (nSPS) is 19.4. The van der Waals surface area contributed by atoms with Crippen LogP contribution in [0.5, 0.6) is 11.5 Å². The van der Waals surface area contributed by atoms with E-state index in [0.717, 1.165) is 38.4 Å². The fourth-order valence-corrected chi connectivity index (χ4v) is 4.13. The summed E-state index contributed by atoms with van der Waals surface area (Å²) < 4.78 is 16.9. The van der Waals surface area contributed by atoms with E-state index in [-0.39, 0.29) is 12.1 Å². The number of benzene rings is 2. The molecule has 2 fully saturated rings. The lowest BCUT2D eigenvalue weighted by molar-refractivity contribution is 0.0321. The molecule has 1 unspecified atom stereocenters. The van der Waals surface area contributed by atoms with Gasteiger partial charge in [0.2, 0.25) is 0 Å². The molecular formula is C22H25Cl2N3O4. The molecule has 0 spiro atoms. The second-order valence-corrected chi connectivity index (χ2v) is 8.20. The van der Waals surface area contributed by atoms with E-state index in [1.165, 1.54) is 0 Å². The first-order valence-corrected chi connectivity index (χ1v) is 11.0. The number of ether oxygens (including phenoxy) is 3. The van der Waals surface area contributed by atoms with Gasteiger partial charge in [0.05, 0.1) is 42.1 Å². The van der Waals surface area contributed by atoms with Crippen molar-refractivity contribution in [2.24, 2.45) is 0 Å². The quantitative estimate of drug-likeness (QED) is 0.669. The molecule has 0 bridgehead atoms. The highest BCUT2D eigenvalue weighted by Crippen LogP contribution is 2.38. The Balaban J connectivity index is 1.53. The SMILES string of the molecule is COc1ccc(N2C(=O)NCC2c2ccc(Cl)c(Cl)c2)cc1OCCN1CCOCC1. The molecule has 1 N–H and O–H groups in total. The maximum absolute atomic E-state index is 12.7. The van der Waals surface area contributed by atoms with Crippen LogP contribution in [0, 0.1) is 0 Å². The summed E-state index contributed by atoms with van der Waals surface area (Å²) in [4.78, 5) is 16.7. The first kappa shape index (κ1) is 22.0. The number of halogens is 2. The number of urea groups is 1. The van der Waals surface area contributed by atoms with Gasteiger partial charge in [-0.25, -0.2) is 4.79 Å². The third-order valence-electron chi connectivity index (χ3n) is 5.50. The Morgan fingerprint density at radius 1 is 1.10 bits per heavy atom. The third-order valence-corrected chi connectivity index (χ3v) is 6.24. The lowest BCUT2D eigenvalue weighted by Gasteiger charge is -2.27. The summed E-state index contributed by atoms with van der Waals surface area (Å²) in [5, 5.41) is 3.85. The number of nitrogens with one attached hydrogen (secondary N) is 1. The average Bonchev–Trinajstić information content (AvgIpc) is 3.17. The highest BCUT2D eigenvalue weighted by Gasteiger charge is 2.34. The second kappa shape index (κ2) is 9.96. The lowest BCUT2D eigenvalue weighted by atomic mass is 10.1. The van der Waals surface area contributed by atoms with E-state index in [0.29, 0.717) is 40.4 Å². The van der Waals surface area contributed by atoms with E-state index in [1.807, 2.05) is 24.3 Å². The van der Waals surface area contributed by atoms with Crippen molar-refractivity contribution in [3.63, 3.8) is 0 Å². The van der Waals surface area contributed by atoms with Crippen LogP contribution in [-0.2, 0) is 4.74 Å². The molecule has 0 aromatic heterocycles. The van der Waals surface area contributed by atoms with Gasteiger partial charge in [0, 0.05) is 32.2 Å². The largest absolute Gasteiger partial charge is 0.493 e. The zero-order valence-corrected chi connectivity index (χ0v) is 18.8. The van der Waals surface area contributed by atoms with Crippen molar-refractivity contribution < 1.29 is 19.0 Å². The molecule has 31 heavy (non-hydrogen) atoms. The summed E-state index contributed by atoms with van der Waals surface area (Å²) in [6, 6.07) is 10.5. The number of rotatable bonds is 7. The van der Waals surface area contributed by atoms with Crippen LogP contribution in [0.25, 0.3) is 0 Å². The summed E-state index contributed by atoms with van der Waals surface area (Å²) in [6.07, 6.45) is 0. The van der Waals surface area contributed by atoms with E-state index in [2.05, 4.69) is 10.2 Å². The van der Waals surface area contributed by atoms with Crippen LogP contribution in [0.1, 0.15) is 11.6 Å². The Labute approximate surface area is 191 Å². The number of carbonyl (C=O) groups excluding carboxylic acids is 1. The summed E-state index contributed by atoms with van der Waals surface area (Å²) in [5.74, 6) is 1.22. The first-order valence-electron chi connectivity index (χ1n) is 10.2. The lowest BCUT2D eigenvalue weighted by Crippen LogP contribution is -2.38. The Kier molecular flexibility index (Phi) is 7.07. The molecule has 0 radical (unpaired) electrons. The Bertz CT molecular complexity index is 937. The molecule has 2 amide bonds. The molecule has 0 saturated carbocycles. The predicted octanol–water partition coefficient (Wildman–Crippen LogP) is 3.98. The van der Waals surface area contributed by atoms with Crippen LogP contribution in [0.15, 0.2) is 36.4 Å². The van der Waals surface area contributed by atoms with Crippen LogP contribution in [-0.4, -0.2) is 64.0 Å². The molecule has 2 aliphatic rings. The fraction of sp³-hybridized carbons (Fsp3) is 0.409. The van der Waals surface area contributed by atoms with Crippen molar-refractivity contribution in [2.75, 3.05) is 58.0 Å². The van der Waals surface area contributed by atoms with Gasteiger partial charge in [-0.2, -0.15) is 0 Å². The third kappa shape index (κ3) is 5.01. The standard InChI is InChI=1S/C22H25Cl2N3O4/c1-29-20-5-3-16(13-21(20)31-11-8-26-6-9-30-10-7-26)27-19(14-25-22(27)28)15-2-4-17(23)18(24)12-15/h2-5,12-13,19H,6-11,14H2,1H3,(H,25,28). The Morgan fingerprint density at radius 3 is 2.65 bits per heavy atom. The van der Waals surface area contributed by atoms with Gasteiger partial charge in [-0.1, -0.05) is 29.3 Å². The van der Waals surface area contributed by atoms with Gasteiger partial charge in [-0.15, -0.1) is 0 Å². The second-order valence-electron chi connectivity index (χ2n) is 7.38. The highest BCUT2D eigenvalue weighted by molar-refractivity contribution is 6.42. The van der Waals surface area contributed by atoms with E-state index in [4.69, 9.17) is 37.4 Å². The van der Waals surface area contributed by atoms with Crippen molar-refractivity contribution in [3.8, 4) is 11.5 Å². The van der Waals surface area contributed by atoms with Crippen molar-refractivity contribution in [1.29, 1.82) is 0 Å². The molecule has 166 valence electrons. The van der Waals surface area contributed by atoms with E-state index >= 15 is 0 Å². The van der Waals surface area contributed by atoms with Gasteiger partial charge in [-0.3, -0.25) is 9.80 Å². The van der Waals surface area contributed by atoms with Gasteiger partial charge in [-0.05, 0) is 29.8 Å². The summed E-state index contributed by atoms with van der Waals surface area (Å²) in [5.41, 5.74) is 1.62. The monoisotopic (exact) mass is 465 g/mol. The number of anilines is 1. The van der Waals surface area contributed by atoms with Crippen molar-refractivity contribution in [2.45, 2.75) is 6.04 Å². The van der Waals surface area contributed by atoms with Crippen LogP contribution < -0.4 is 19.7 Å². The number of morpholine rings is 1. The van der Waals surface area contributed by atoms with Crippen LogP contribution in [0.4, 0.5) is 10.5 Å². The Hall–Kier alpha value is -2.19. The minimum Gasteiger partial charge on any atom is -0.493 e. The van der Waals surface area contributed by atoms with Gasteiger partial charge in [0.25, 0.3) is 0 Å². The number of methoxy groups -OCH3 is 1. The predicted molar refractivity (Wildman–Crippen MR) is 121 cm³/mol. The molecule has 2 aromatic carbocycles. The molecule has 2 aromatic rings. The van der Waals surface area contributed by atoms with Gasteiger partial charge in [0.1, 0.15) is 6.61 Å². The number of hydrogen-bond acceptors (Lipinski definition) is 5. The molecule has 0 aliphatic carbocycles. The first-order chi connectivity index (χ1) is 15.1. The van der Waals surface area contributed by atoms with Crippen molar-refractivity contribution in [3.05, 3.63) is 52.0 Å². The summed E-state index contributed by atoms with van der Waals surface area (Å²) in [7, 11) is 1.60. The van der Waals surface area contributed by atoms with Gasteiger partial charge < -0.3 is 19.5 Å². The van der Waals surface area contributed by atoms with Crippen molar-refractivity contribution in [1.82, 2.24) is 10.2 Å².